The highest BCUT2D eigenvalue weighted by molar-refractivity contribution is 9.10. The summed E-state index contributed by atoms with van der Waals surface area (Å²) in [5, 5.41) is 6.41. The molecule has 0 aliphatic carbocycles. The molecule has 0 aliphatic heterocycles. The van der Waals surface area contributed by atoms with Crippen LogP contribution in [0.15, 0.2) is 28.9 Å². The second-order valence-electron chi connectivity index (χ2n) is 3.65. The monoisotopic (exact) mass is 312 g/mol. The van der Waals surface area contributed by atoms with Gasteiger partial charge in [-0.1, -0.05) is 0 Å². The molecule has 2 rings (SSSR count). The fourth-order valence-corrected chi connectivity index (χ4v) is 1.64. The average Bonchev–Trinajstić information content (AvgIpc) is 2.65. The summed E-state index contributed by atoms with van der Waals surface area (Å²) < 4.78 is 15.0. The highest BCUT2D eigenvalue weighted by atomic mass is 79.9. The van der Waals surface area contributed by atoms with Crippen molar-refractivity contribution in [1.82, 2.24) is 9.78 Å². The molecule has 2 aromatic rings. The van der Waals surface area contributed by atoms with E-state index in [0.717, 1.165) is 0 Å². The number of carbonyl (C=O) groups is 1. The van der Waals surface area contributed by atoms with Crippen molar-refractivity contribution in [3.05, 3.63) is 40.2 Å². The summed E-state index contributed by atoms with van der Waals surface area (Å²) in [4.78, 5) is 11.9. The van der Waals surface area contributed by atoms with Crippen LogP contribution in [0.3, 0.4) is 0 Å². The smallest absolute Gasteiger partial charge is 0.261 e. The lowest BCUT2D eigenvalue weighted by molar-refractivity contribution is 0.102. The fraction of sp³-hybridized carbons (Fsp3) is 0.0909. The number of nitrogens with two attached hydrogens (primary N) is 1. The molecule has 1 aromatic carbocycles. The molecule has 0 saturated carbocycles. The zero-order valence-corrected chi connectivity index (χ0v) is 11.0. The van der Waals surface area contributed by atoms with Crippen LogP contribution in [0.5, 0.6) is 0 Å². The van der Waals surface area contributed by atoms with E-state index >= 15 is 0 Å². The minimum atomic E-state index is -0.452. The third-order valence-corrected chi connectivity index (χ3v) is 3.05. The molecule has 1 aromatic heterocycles. The molecule has 1 heterocycles. The summed E-state index contributed by atoms with van der Waals surface area (Å²) in [7, 11) is 1.63. The first kappa shape index (κ1) is 12.6. The Balaban J connectivity index is 2.21. The minimum Gasteiger partial charge on any atom is -0.383 e. The number of rotatable bonds is 2. The Morgan fingerprint density at radius 2 is 2.28 bits per heavy atom. The first-order valence-electron chi connectivity index (χ1n) is 5.03. The van der Waals surface area contributed by atoms with Gasteiger partial charge in [0.05, 0.1) is 10.7 Å². The number of nitrogens with zero attached hydrogens (tertiary/aromatic N) is 2. The first-order valence-corrected chi connectivity index (χ1v) is 5.82. The summed E-state index contributed by atoms with van der Waals surface area (Å²) in [5.74, 6) is -0.626. The van der Waals surface area contributed by atoms with E-state index in [0.29, 0.717) is 10.2 Å². The number of aromatic nitrogens is 2. The quantitative estimate of drug-likeness (QED) is 0.892. The van der Waals surface area contributed by atoms with E-state index in [1.165, 1.54) is 23.0 Å². The topological polar surface area (TPSA) is 72.9 Å². The van der Waals surface area contributed by atoms with Crippen molar-refractivity contribution >= 4 is 33.3 Å². The Morgan fingerprint density at radius 1 is 1.56 bits per heavy atom. The SMILES string of the molecule is Cn1ncc(C(=O)Nc2ccc(Br)c(F)c2)c1N. The lowest BCUT2D eigenvalue weighted by Crippen LogP contribution is -2.13. The van der Waals surface area contributed by atoms with Gasteiger partial charge in [-0.25, -0.2) is 4.39 Å². The number of nitrogen functional groups attached to an aromatic ring is 1. The second-order valence-corrected chi connectivity index (χ2v) is 4.50. The van der Waals surface area contributed by atoms with Crippen LogP contribution in [0.1, 0.15) is 10.4 Å². The van der Waals surface area contributed by atoms with Crippen molar-refractivity contribution in [2.75, 3.05) is 11.1 Å². The van der Waals surface area contributed by atoms with Crippen molar-refractivity contribution < 1.29 is 9.18 Å². The molecule has 5 nitrogen and oxygen atoms in total. The van der Waals surface area contributed by atoms with Crippen molar-refractivity contribution in [3.8, 4) is 0 Å². The Kier molecular flexibility index (Phi) is 3.33. The summed E-state index contributed by atoms with van der Waals surface area (Å²) in [6.45, 7) is 0. The van der Waals surface area contributed by atoms with Crippen LogP contribution in [0.2, 0.25) is 0 Å². The molecule has 0 aliphatic rings. The molecule has 0 atom stereocenters. The van der Waals surface area contributed by atoms with Gasteiger partial charge in [-0.2, -0.15) is 5.10 Å². The van der Waals surface area contributed by atoms with Gasteiger partial charge in [-0.3, -0.25) is 9.48 Å². The third kappa shape index (κ3) is 2.35. The van der Waals surface area contributed by atoms with Gasteiger partial charge in [0.15, 0.2) is 0 Å². The lowest BCUT2D eigenvalue weighted by atomic mass is 10.2. The summed E-state index contributed by atoms with van der Waals surface area (Å²) >= 11 is 3.03. The van der Waals surface area contributed by atoms with Gasteiger partial charge in [0.2, 0.25) is 0 Å². The average molecular weight is 313 g/mol. The predicted octanol–water partition coefficient (Wildman–Crippen LogP) is 2.16. The highest BCUT2D eigenvalue weighted by Gasteiger charge is 2.14. The van der Waals surface area contributed by atoms with Gasteiger partial charge >= 0.3 is 0 Å². The Bertz CT molecular complexity index is 611. The van der Waals surface area contributed by atoms with E-state index in [-0.39, 0.29) is 11.4 Å². The van der Waals surface area contributed by atoms with Crippen molar-refractivity contribution in [2.24, 2.45) is 7.05 Å². The van der Waals surface area contributed by atoms with Crippen LogP contribution in [-0.4, -0.2) is 15.7 Å². The summed E-state index contributed by atoms with van der Waals surface area (Å²) in [6.07, 6.45) is 1.36. The number of hydrogen-bond donors (Lipinski definition) is 2. The predicted molar refractivity (Wildman–Crippen MR) is 69.7 cm³/mol. The molecule has 3 N–H and O–H groups in total. The number of aryl methyl sites for hydroxylation is 1. The molecule has 0 saturated heterocycles. The van der Waals surface area contributed by atoms with E-state index < -0.39 is 11.7 Å². The molecule has 0 unspecified atom stereocenters. The number of nitrogens with one attached hydrogen (secondary N) is 1. The molecule has 0 spiro atoms. The number of halogens is 2. The number of anilines is 2. The number of hydrogen-bond acceptors (Lipinski definition) is 3. The van der Waals surface area contributed by atoms with Crippen LogP contribution in [0.4, 0.5) is 15.9 Å². The van der Waals surface area contributed by atoms with Crippen LogP contribution in [-0.2, 0) is 7.05 Å². The van der Waals surface area contributed by atoms with Crippen LogP contribution >= 0.6 is 15.9 Å². The molecule has 0 bridgehead atoms. The zero-order valence-electron chi connectivity index (χ0n) is 9.45. The Labute approximate surface area is 111 Å². The van der Waals surface area contributed by atoms with Gasteiger partial charge in [-0.05, 0) is 34.1 Å². The molecule has 7 heteroatoms. The lowest BCUT2D eigenvalue weighted by Gasteiger charge is -2.05. The molecular weight excluding hydrogens is 303 g/mol. The first-order chi connectivity index (χ1) is 8.49. The zero-order chi connectivity index (χ0) is 13.3. The standard InChI is InChI=1S/C11H10BrFN4O/c1-17-10(14)7(5-15-17)11(18)16-6-2-3-8(12)9(13)4-6/h2-5H,14H2,1H3,(H,16,18). The van der Waals surface area contributed by atoms with Crippen LogP contribution in [0, 0.1) is 5.82 Å². The summed E-state index contributed by atoms with van der Waals surface area (Å²) in [6, 6.07) is 4.31. The minimum absolute atomic E-state index is 0.251. The number of benzene rings is 1. The molecular formula is C11H10BrFN4O. The van der Waals surface area contributed by atoms with E-state index in [4.69, 9.17) is 5.73 Å². The van der Waals surface area contributed by atoms with Gasteiger partial charge < -0.3 is 11.1 Å². The van der Waals surface area contributed by atoms with E-state index in [1.807, 2.05) is 0 Å². The number of carbonyl (C=O) groups excluding carboxylic acids is 1. The fourth-order valence-electron chi connectivity index (χ4n) is 1.39. The highest BCUT2D eigenvalue weighted by Crippen LogP contribution is 2.20. The van der Waals surface area contributed by atoms with Gasteiger partial charge in [0.1, 0.15) is 17.2 Å². The van der Waals surface area contributed by atoms with Crippen molar-refractivity contribution in [1.29, 1.82) is 0 Å². The Hall–Kier alpha value is -1.89. The van der Waals surface area contributed by atoms with E-state index in [1.54, 1.807) is 13.1 Å². The van der Waals surface area contributed by atoms with Crippen LogP contribution in [0.25, 0.3) is 0 Å². The molecule has 18 heavy (non-hydrogen) atoms. The maximum absolute atomic E-state index is 13.3. The molecule has 0 fully saturated rings. The molecule has 0 radical (unpaired) electrons. The number of amides is 1. The van der Waals surface area contributed by atoms with Crippen LogP contribution < -0.4 is 11.1 Å². The van der Waals surface area contributed by atoms with Gasteiger partial charge in [0, 0.05) is 12.7 Å². The maximum atomic E-state index is 13.3. The summed E-state index contributed by atoms with van der Waals surface area (Å²) in [5.41, 5.74) is 6.27. The van der Waals surface area contributed by atoms with Gasteiger partial charge in [0.25, 0.3) is 5.91 Å². The third-order valence-electron chi connectivity index (χ3n) is 2.41. The molecule has 1 amide bonds. The van der Waals surface area contributed by atoms with E-state index in [2.05, 4.69) is 26.3 Å². The Morgan fingerprint density at radius 3 is 2.83 bits per heavy atom. The normalized spacial score (nSPS) is 10.4. The van der Waals surface area contributed by atoms with Crippen molar-refractivity contribution in [3.63, 3.8) is 0 Å². The van der Waals surface area contributed by atoms with E-state index in [9.17, 15) is 9.18 Å². The second kappa shape index (κ2) is 4.77. The largest absolute Gasteiger partial charge is 0.383 e. The van der Waals surface area contributed by atoms with Gasteiger partial charge in [-0.15, -0.1) is 0 Å². The maximum Gasteiger partial charge on any atom is 0.261 e. The van der Waals surface area contributed by atoms with Crippen molar-refractivity contribution in [2.45, 2.75) is 0 Å². The molecule has 94 valence electrons.